The zero-order chi connectivity index (χ0) is 16.3. The van der Waals surface area contributed by atoms with Gasteiger partial charge in [0.2, 0.25) is 0 Å². The maximum absolute atomic E-state index is 12.7. The number of amides is 3. The number of hydrogen-bond acceptors (Lipinski definition) is 3. The standard InChI is InChI=1S/C17H23N3O3/c1-17(8-7-14-5-3-2-4-6-14)15(21)20(16(22)18-17)13-19-9-11-23-12-10-19/h2-6H,7-13H2,1H3,(H,18,22)/p+1/t17-/m1/s1. The summed E-state index contributed by atoms with van der Waals surface area (Å²) in [5.41, 5.74) is 0.367. The van der Waals surface area contributed by atoms with Crippen LogP contribution in [-0.2, 0) is 16.0 Å². The predicted molar refractivity (Wildman–Crippen MR) is 84.9 cm³/mol. The number of nitrogens with one attached hydrogen (secondary N) is 2. The lowest BCUT2D eigenvalue weighted by molar-refractivity contribution is -0.915. The highest BCUT2D eigenvalue weighted by atomic mass is 16.5. The van der Waals surface area contributed by atoms with Gasteiger partial charge in [0.25, 0.3) is 5.91 Å². The monoisotopic (exact) mass is 318 g/mol. The largest absolute Gasteiger partial charge is 0.370 e. The molecule has 0 spiro atoms. The van der Waals surface area contributed by atoms with Gasteiger partial charge in [-0.15, -0.1) is 0 Å². The van der Waals surface area contributed by atoms with E-state index in [1.807, 2.05) is 37.3 Å². The Hall–Kier alpha value is -1.92. The SMILES string of the molecule is C[C@]1(CCc2ccccc2)NC(=O)N(C[NH+]2CCOCC2)C1=O. The molecule has 2 saturated heterocycles. The van der Waals surface area contributed by atoms with E-state index in [2.05, 4.69) is 5.32 Å². The summed E-state index contributed by atoms with van der Waals surface area (Å²) < 4.78 is 5.32. The maximum Gasteiger partial charge on any atom is 0.329 e. The summed E-state index contributed by atoms with van der Waals surface area (Å²) >= 11 is 0. The first kappa shape index (κ1) is 16.0. The van der Waals surface area contributed by atoms with Crippen LogP contribution in [0.25, 0.3) is 0 Å². The molecule has 1 aromatic carbocycles. The van der Waals surface area contributed by atoms with Gasteiger partial charge in [-0.1, -0.05) is 30.3 Å². The third-order valence-corrected chi connectivity index (χ3v) is 4.68. The number of morpholine rings is 1. The third-order valence-electron chi connectivity index (χ3n) is 4.68. The molecule has 2 fully saturated rings. The molecule has 0 saturated carbocycles. The summed E-state index contributed by atoms with van der Waals surface area (Å²) in [4.78, 5) is 27.5. The van der Waals surface area contributed by atoms with E-state index in [0.29, 0.717) is 26.3 Å². The summed E-state index contributed by atoms with van der Waals surface area (Å²) in [7, 11) is 0. The van der Waals surface area contributed by atoms with Crippen LogP contribution < -0.4 is 10.2 Å². The number of aryl methyl sites for hydroxylation is 1. The number of imide groups is 1. The summed E-state index contributed by atoms with van der Waals surface area (Å²) in [5.74, 6) is -0.113. The number of quaternary nitrogens is 1. The summed E-state index contributed by atoms with van der Waals surface area (Å²) in [5, 5.41) is 2.88. The van der Waals surface area contributed by atoms with E-state index >= 15 is 0 Å². The molecule has 2 N–H and O–H groups in total. The minimum atomic E-state index is -0.807. The predicted octanol–water partition coefficient (Wildman–Crippen LogP) is -0.198. The van der Waals surface area contributed by atoms with Gasteiger partial charge in [-0.25, -0.2) is 9.69 Å². The number of carbonyl (C=O) groups is 2. The second kappa shape index (κ2) is 6.68. The number of carbonyl (C=O) groups excluding carboxylic acids is 2. The Morgan fingerprint density at radius 3 is 2.61 bits per heavy atom. The van der Waals surface area contributed by atoms with E-state index in [1.165, 1.54) is 15.4 Å². The van der Waals surface area contributed by atoms with Crippen LogP contribution in [0.1, 0.15) is 18.9 Å². The second-order valence-corrected chi connectivity index (χ2v) is 6.50. The van der Waals surface area contributed by atoms with Gasteiger partial charge in [0.15, 0.2) is 6.67 Å². The van der Waals surface area contributed by atoms with E-state index < -0.39 is 5.54 Å². The highest BCUT2D eigenvalue weighted by molar-refractivity contribution is 6.06. The first-order valence-corrected chi connectivity index (χ1v) is 8.18. The molecule has 2 aliphatic heterocycles. The molecule has 3 amide bonds. The van der Waals surface area contributed by atoms with Crippen LogP contribution in [0, 0.1) is 0 Å². The number of urea groups is 1. The van der Waals surface area contributed by atoms with Crippen molar-refractivity contribution in [1.29, 1.82) is 0 Å². The zero-order valence-corrected chi connectivity index (χ0v) is 13.5. The number of rotatable bonds is 5. The Bertz CT molecular complexity index is 572. The topological polar surface area (TPSA) is 63.1 Å². The Labute approximate surface area is 136 Å². The van der Waals surface area contributed by atoms with E-state index in [0.717, 1.165) is 19.5 Å². The lowest BCUT2D eigenvalue weighted by atomic mass is 9.93. The van der Waals surface area contributed by atoms with Crippen molar-refractivity contribution in [3.8, 4) is 0 Å². The summed E-state index contributed by atoms with van der Waals surface area (Å²) in [6, 6.07) is 9.76. The minimum Gasteiger partial charge on any atom is -0.370 e. The fourth-order valence-corrected chi connectivity index (χ4v) is 3.14. The Kier molecular flexibility index (Phi) is 4.63. The molecule has 1 aromatic rings. The van der Waals surface area contributed by atoms with Crippen molar-refractivity contribution in [2.75, 3.05) is 33.0 Å². The molecule has 124 valence electrons. The molecule has 0 radical (unpaired) electrons. The highest BCUT2D eigenvalue weighted by Gasteiger charge is 2.48. The fourth-order valence-electron chi connectivity index (χ4n) is 3.14. The van der Waals surface area contributed by atoms with Crippen LogP contribution in [0.5, 0.6) is 0 Å². The van der Waals surface area contributed by atoms with Crippen molar-refractivity contribution in [2.24, 2.45) is 0 Å². The van der Waals surface area contributed by atoms with Crippen molar-refractivity contribution in [3.63, 3.8) is 0 Å². The molecule has 6 heteroatoms. The molecule has 0 aromatic heterocycles. The lowest BCUT2D eigenvalue weighted by Crippen LogP contribution is -3.15. The molecule has 2 heterocycles. The Morgan fingerprint density at radius 1 is 1.22 bits per heavy atom. The molecule has 0 aliphatic carbocycles. The van der Waals surface area contributed by atoms with Crippen LogP contribution in [0.4, 0.5) is 4.79 Å². The average molecular weight is 318 g/mol. The van der Waals surface area contributed by atoms with Crippen molar-refractivity contribution < 1.29 is 19.2 Å². The minimum absolute atomic E-state index is 0.113. The van der Waals surface area contributed by atoms with Gasteiger partial charge in [0.1, 0.15) is 18.6 Å². The quantitative estimate of drug-likeness (QED) is 0.739. The molecular formula is C17H24N3O3+. The Balaban J connectivity index is 1.62. The zero-order valence-electron chi connectivity index (χ0n) is 13.5. The number of benzene rings is 1. The van der Waals surface area contributed by atoms with E-state index in [1.54, 1.807) is 0 Å². The first-order chi connectivity index (χ1) is 11.1. The highest BCUT2D eigenvalue weighted by Crippen LogP contribution is 2.22. The molecule has 3 rings (SSSR count). The summed E-state index contributed by atoms with van der Waals surface area (Å²) in [6.45, 7) is 5.28. The number of hydrogen-bond donors (Lipinski definition) is 2. The van der Waals surface area contributed by atoms with Crippen molar-refractivity contribution in [1.82, 2.24) is 10.2 Å². The average Bonchev–Trinajstić information content (AvgIpc) is 2.79. The van der Waals surface area contributed by atoms with Crippen LogP contribution >= 0.6 is 0 Å². The van der Waals surface area contributed by atoms with Gasteiger partial charge in [-0.3, -0.25) is 4.79 Å². The van der Waals surface area contributed by atoms with Crippen molar-refractivity contribution >= 4 is 11.9 Å². The number of nitrogens with zero attached hydrogens (tertiary/aromatic N) is 1. The van der Waals surface area contributed by atoms with Crippen LogP contribution in [0.15, 0.2) is 30.3 Å². The smallest absolute Gasteiger partial charge is 0.329 e. The van der Waals surface area contributed by atoms with E-state index in [-0.39, 0.29) is 11.9 Å². The van der Waals surface area contributed by atoms with Gasteiger partial charge in [0.05, 0.1) is 13.2 Å². The molecule has 1 atom stereocenters. The van der Waals surface area contributed by atoms with Crippen LogP contribution in [0.3, 0.4) is 0 Å². The van der Waals surface area contributed by atoms with Crippen LogP contribution in [0.2, 0.25) is 0 Å². The molecular weight excluding hydrogens is 294 g/mol. The van der Waals surface area contributed by atoms with Crippen molar-refractivity contribution in [3.05, 3.63) is 35.9 Å². The van der Waals surface area contributed by atoms with Gasteiger partial charge in [0, 0.05) is 0 Å². The summed E-state index contributed by atoms with van der Waals surface area (Å²) in [6.07, 6.45) is 1.37. The fraction of sp³-hybridized carbons (Fsp3) is 0.529. The maximum atomic E-state index is 12.7. The molecule has 0 unspecified atom stereocenters. The van der Waals surface area contributed by atoms with Crippen LogP contribution in [-0.4, -0.2) is 55.3 Å². The third kappa shape index (κ3) is 3.54. The number of ether oxygens (including phenoxy) is 1. The van der Waals surface area contributed by atoms with Gasteiger partial charge in [-0.05, 0) is 25.3 Å². The molecule has 2 aliphatic rings. The van der Waals surface area contributed by atoms with Gasteiger partial charge >= 0.3 is 6.03 Å². The lowest BCUT2D eigenvalue weighted by Gasteiger charge is -2.27. The second-order valence-electron chi connectivity index (χ2n) is 6.50. The van der Waals surface area contributed by atoms with Gasteiger partial charge < -0.3 is 15.0 Å². The van der Waals surface area contributed by atoms with E-state index in [9.17, 15) is 9.59 Å². The molecule has 0 bridgehead atoms. The normalized spacial score (nSPS) is 25.7. The molecule has 6 nitrogen and oxygen atoms in total. The molecule has 23 heavy (non-hydrogen) atoms. The van der Waals surface area contributed by atoms with E-state index in [4.69, 9.17) is 4.74 Å². The first-order valence-electron chi connectivity index (χ1n) is 8.18. The van der Waals surface area contributed by atoms with Gasteiger partial charge in [-0.2, -0.15) is 0 Å². The Morgan fingerprint density at radius 2 is 1.91 bits per heavy atom. The van der Waals surface area contributed by atoms with Crippen molar-refractivity contribution in [2.45, 2.75) is 25.3 Å².